The molecule has 1 heterocycles. The van der Waals surface area contributed by atoms with Gasteiger partial charge in [-0.25, -0.2) is 14.1 Å². The van der Waals surface area contributed by atoms with Crippen molar-refractivity contribution in [3.63, 3.8) is 0 Å². The molecule has 104 valence electrons. The van der Waals surface area contributed by atoms with Crippen molar-refractivity contribution in [1.82, 2.24) is 14.8 Å². The SMILES string of the molecule is O=C(Nc1ccccc1F)c1ncn(-c2ccccc2)n1. The van der Waals surface area contributed by atoms with E-state index >= 15 is 0 Å². The summed E-state index contributed by atoms with van der Waals surface area (Å²) in [5.74, 6) is -1.09. The van der Waals surface area contributed by atoms with Gasteiger partial charge < -0.3 is 5.32 Å². The van der Waals surface area contributed by atoms with E-state index < -0.39 is 11.7 Å². The number of hydrogen-bond donors (Lipinski definition) is 1. The molecule has 0 saturated carbocycles. The first kappa shape index (κ1) is 13.0. The summed E-state index contributed by atoms with van der Waals surface area (Å²) in [4.78, 5) is 15.9. The third kappa shape index (κ3) is 2.79. The summed E-state index contributed by atoms with van der Waals surface area (Å²) in [6.45, 7) is 0. The van der Waals surface area contributed by atoms with E-state index in [0.29, 0.717) is 0 Å². The Kier molecular flexibility index (Phi) is 3.42. The molecule has 0 atom stereocenters. The lowest BCUT2D eigenvalue weighted by Crippen LogP contribution is -2.15. The highest BCUT2D eigenvalue weighted by molar-refractivity contribution is 6.01. The van der Waals surface area contributed by atoms with Gasteiger partial charge in [0.05, 0.1) is 11.4 Å². The highest BCUT2D eigenvalue weighted by atomic mass is 19.1. The van der Waals surface area contributed by atoms with Crippen LogP contribution in [0.15, 0.2) is 60.9 Å². The molecular formula is C15H11FN4O. The molecule has 0 unspecified atom stereocenters. The second kappa shape index (κ2) is 5.54. The van der Waals surface area contributed by atoms with Gasteiger partial charge in [-0.05, 0) is 24.3 Å². The zero-order chi connectivity index (χ0) is 14.7. The van der Waals surface area contributed by atoms with Crippen LogP contribution in [-0.4, -0.2) is 20.7 Å². The van der Waals surface area contributed by atoms with Gasteiger partial charge in [-0.15, -0.1) is 5.10 Å². The normalized spacial score (nSPS) is 10.3. The van der Waals surface area contributed by atoms with Crippen LogP contribution < -0.4 is 5.32 Å². The molecule has 3 rings (SSSR count). The van der Waals surface area contributed by atoms with Gasteiger partial charge in [-0.1, -0.05) is 30.3 Å². The van der Waals surface area contributed by atoms with E-state index in [2.05, 4.69) is 15.4 Å². The molecule has 0 bridgehead atoms. The number of rotatable bonds is 3. The van der Waals surface area contributed by atoms with Crippen molar-refractivity contribution in [2.45, 2.75) is 0 Å². The molecule has 0 radical (unpaired) electrons. The molecule has 21 heavy (non-hydrogen) atoms. The third-order valence-electron chi connectivity index (χ3n) is 2.84. The van der Waals surface area contributed by atoms with Crippen molar-refractivity contribution in [1.29, 1.82) is 0 Å². The van der Waals surface area contributed by atoms with E-state index in [0.717, 1.165) is 5.69 Å². The topological polar surface area (TPSA) is 59.8 Å². The second-order valence-electron chi connectivity index (χ2n) is 4.28. The maximum atomic E-state index is 13.5. The van der Waals surface area contributed by atoms with E-state index in [-0.39, 0.29) is 11.5 Å². The van der Waals surface area contributed by atoms with Crippen LogP contribution in [-0.2, 0) is 0 Å². The molecule has 1 aromatic heterocycles. The van der Waals surface area contributed by atoms with Crippen LogP contribution >= 0.6 is 0 Å². The molecule has 0 aliphatic heterocycles. The van der Waals surface area contributed by atoms with Crippen molar-refractivity contribution in [2.24, 2.45) is 0 Å². The molecule has 6 heteroatoms. The van der Waals surface area contributed by atoms with Crippen LogP contribution in [0.1, 0.15) is 10.6 Å². The second-order valence-corrected chi connectivity index (χ2v) is 4.28. The Bertz CT molecular complexity index is 770. The van der Waals surface area contributed by atoms with E-state index in [1.807, 2.05) is 30.3 Å². The minimum atomic E-state index is -0.560. The molecule has 0 fully saturated rings. The van der Waals surface area contributed by atoms with Gasteiger partial charge in [-0.3, -0.25) is 4.79 Å². The number of nitrogens with zero attached hydrogens (tertiary/aromatic N) is 3. The molecule has 0 aliphatic rings. The van der Waals surface area contributed by atoms with E-state index in [1.165, 1.54) is 23.1 Å². The summed E-state index contributed by atoms with van der Waals surface area (Å²) in [6.07, 6.45) is 1.44. The van der Waals surface area contributed by atoms with Crippen LogP contribution in [0.2, 0.25) is 0 Å². The van der Waals surface area contributed by atoms with E-state index in [9.17, 15) is 9.18 Å². The number of carbonyl (C=O) groups is 1. The van der Waals surface area contributed by atoms with E-state index in [1.54, 1.807) is 12.1 Å². The maximum Gasteiger partial charge on any atom is 0.295 e. The lowest BCUT2D eigenvalue weighted by Gasteiger charge is -2.03. The van der Waals surface area contributed by atoms with Gasteiger partial charge in [0.2, 0.25) is 5.82 Å². The summed E-state index contributed by atoms with van der Waals surface area (Å²) in [6, 6.07) is 15.2. The van der Waals surface area contributed by atoms with Gasteiger partial charge in [0.15, 0.2) is 0 Å². The molecule has 0 saturated heterocycles. The molecule has 0 aliphatic carbocycles. The smallest absolute Gasteiger partial charge is 0.295 e. The van der Waals surface area contributed by atoms with Gasteiger partial charge in [0.25, 0.3) is 5.91 Å². The number of benzene rings is 2. The first-order chi connectivity index (χ1) is 10.2. The molecular weight excluding hydrogens is 271 g/mol. The first-order valence-electron chi connectivity index (χ1n) is 6.27. The standard InChI is InChI=1S/C15H11FN4O/c16-12-8-4-5-9-13(12)18-15(21)14-17-10-20(19-14)11-6-2-1-3-7-11/h1-10H,(H,18,21). The third-order valence-corrected chi connectivity index (χ3v) is 2.84. The predicted molar refractivity (Wildman–Crippen MR) is 75.7 cm³/mol. The Balaban J connectivity index is 1.80. The number of halogens is 1. The summed E-state index contributed by atoms with van der Waals surface area (Å²) in [5.41, 5.74) is 0.883. The molecule has 5 nitrogen and oxygen atoms in total. The fourth-order valence-corrected chi connectivity index (χ4v) is 1.81. The molecule has 2 aromatic carbocycles. The highest BCUT2D eigenvalue weighted by Crippen LogP contribution is 2.13. The maximum absolute atomic E-state index is 13.5. The molecule has 1 amide bonds. The average Bonchev–Trinajstić information content (AvgIpc) is 3.00. The van der Waals surface area contributed by atoms with Crippen molar-refractivity contribution >= 4 is 11.6 Å². The molecule has 0 spiro atoms. The predicted octanol–water partition coefficient (Wildman–Crippen LogP) is 2.66. The Morgan fingerprint density at radius 2 is 1.76 bits per heavy atom. The quantitative estimate of drug-likeness (QED) is 0.803. The number of aromatic nitrogens is 3. The van der Waals surface area contributed by atoms with E-state index in [4.69, 9.17) is 0 Å². The van der Waals surface area contributed by atoms with Crippen LogP contribution in [0.3, 0.4) is 0 Å². The van der Waals surface area contributed by atoms with Gasteiger partial charge in [-0.2, -0.15) is 0 Å². The van der Waals surface area contributed by atoms with Gasteiger partial charge in [0.1, 0.15) is 12.1 Å². The van der Waals surface area contributed by atoms with Crippen molar-refractivity contribution in [3.05, 3.63) is 72.6 Å². The lowest BCUT2D eigenvalue weighted by molar-refractivity contribution is 0.101. The number of hydrogen-bond acceptors (Lipinski definition) is 3. The average molecular weight is 282 g/mol. The first-order valence-corrected chi connectivity index (χ1v) is 6.27. The summed E-state index contributed by atoms with van der Waals surface area (Å²) in [7, 11) is 0. The summed E-state index contributed by atoms with van der Waals surface area (Å²) < 4.78 is 15.0. The van der Waals surface area contributed by atoms with Crippen LogP contribution in [0, 0.1) is 5.82 Å². The number of para-hydroxylation sites is 2. The fourth-order valence-electron chi connectivity index (χ4n) is 1.81. The Labute approximate surface area is 120 Å². The largest absolute Gasteiger partial charge is 0.317 e. The van der Waals surface area contributed by atoms with Crippen molar-refractivity contribution in [3.8, 4) is 5.69 Å². The Morgan fingerprint density at radius 1 is 1.05 bits per heavy atom. The number of anilines is 1. The Hall–Kier alpha value is -3.02. The monoisotopic (exact) mass is 282 g/mol. The van der Waals surface area contributed by atoms with Crippen molar-refractivity contribution in [2.75, 3.05) is 5.32 Å². The number of carbonyl (C=O) groups excluding carboxylic acids is 1. The van der Waals surface area contributed by atoms with Gasteiger partial charge in [0, 0.05) is 0 Å². The minimum absolute atomic E-state index is 0.0258. The number of nitrogens with one attached hydrogen (secondary N) is 1. The Morgan fingerprint density at radius 3 is 2.52 bits per heavy atom. The summed E-state index contributed by atoms with van der Waals surface area (Å²) in [5, 5.41) is 6.52. The van der Waals surface area contributed by atoms with Gasteiger partial charge >= 0.3 is 0 Å². The van der Waals surface area contributed by atoms with Crippen LogP contribution in [0.5, 0.6) is 0 Å². The molecule has 1 N–H and O–H groups in total. The fraction of sp³-hybridized carbons (Fsp3) is 0. The number of amides is 1. The van der Waals surface area contributed by atoms with Crippen molar-refractivity contribution < 1.29 is 9.18 Å². The minimum Gasteiger partial charge on any atom is -0.317 e. The zero-order valence-corrected chi connectivity index (χ0v) is 10.9. The lowest BCUT2D eigenvalue weighted by atomic mass is 10.3. The van der Waals surface area contributed by atoms with Crippen LogP contribution in [0.4, 0.5) is 10.1 Å². The summed E-state index contributed by atoms with van der Waals surface area (Å²) >= 11 is 0. The zero-order valence-electron chi connectivity index (χ0n) is 10.9. The highest BCUT2D eigenvalue weighted by Gasteiger charge is 2.13. The molecule has 3 aromatic rings. The van der Waals surface area contributed by atoms with Crippen LogP contribution in [0.25, 0.3) is 5.69 Å².